The van der Waals surface area contributed by atoms with Gasteiger partial charge in [-0.25, -0.2) is 8.42 Å². The van der Waals surface area contributed by atoms with Gasteiger partial charge in [0.25, 0.3) is 0 Å². The summed E-state index contributed by atoms with van der Waals surface area (Å²) in [6.45, 7) is 0. The highest BCUT2D eigenvalue weighted by Gasteiger charge is 2.43. The fourth-order valence-corrected chi connectivity index (χ4v) is 4.90. The molecule has 3 nitrogen and oxygen atoms in total. The average molecular weight is 317 g/mol. The summed E-state index contributed by atoms with van der Waals surface area (Å²) < 4.78 is 64.9. The Morgan fingerprint density at radius 2 is 1.95 bits per heavy atom. The predicted octanol–water partition coefficient (Wildman–Crippen LogP) is 3.19. The van der Waals surface area contributed by atoms with E-state index in [2.05, 4.69) is 0 Å². The molecule has 0 spiro atoms. The van der Waals surface area contributed by atoms with E-state index in [0.717, 1.165) is 25.0 Å². The molecule has 0 aliphatic carbocycles. The molecule has 2 aliphatic heterocycles. The first-order valence-electron chi connectivity index (χ1n) is 6.67. The highest BCUT2D eigenvalue weighted by atomic mass is 32.2. The summed E-state index contributed by atoms with van der Waals surface area (Å²) in [5.74, 6) is 0. The van der Waals surface area contributed by atoms with Gasteiger partial charge in [-0.1, -0.05) is 18.2 Å². The average Bonchev–Trinajstić information content (AvgIpc) is 2.69. The van der Waals surface area contributed by atoms with Crippen LogP contribution in [-0.4, -0.2) is 24.8 Å². The minimum Gasteiger partial charge on any atom is -0.207 e. The van der Waals surface area contributed by atoms with Crippen LogP contribution in [0.5, 0.6) is 0 Å². The molecule has 0 N–H and O–H groups in total. The van der Waals surface area contributed by atoms with Gasteiger partial charge in [-0.05, 0) is 37.5 Å². The van der Waals surface area contributed by atoms with Crippen LogP contribution < -0.4 is 0 Å². The second-order valence-electron chi connectivity index (χ2n) is 5.32. The number of hydrogen-bond acceptors (Lipinski definition) is 2. The van der Waals surface area contributed by atoms with Crippen LogP contribution in [0.15, 0.2) is 41.3 Å². The molecule has 3 rings (SSSR count). The van der Waals surface area contributed by atoms with E-state index in [9.17, 15) is 21.6 Å². The van der Waals surface area contributed by atoms with Crippen molar-refractivity contribution in [2.45, 2.75) is 42.4 Å². The summed E-state index contributed by atoms with van der Waals surface area (Å²) in [5.41, 5.74) is -0.941. The third-order valence-corrected chi connectivity index (χ3v) is 5.96. The molecule has 2 unspecified atom stereocenters. The molecule has 1 aromatic carbocycles. The quantitative estimate of drug-likeness (QED) is 0.786. The van der Waals surface area contributed by atoms with Crippen molar-refractivity contribution < 1.29 is 21.6 Å². The molecule has 7 heteroatoms. The van der Waals surface area contributed by atoms with Gasteiger partial charge in [-0.3, -0.25) is 0 Å². The fraction of sp³-hybridized carbons (Fsp3) is 0.429. The second kappa shape index (κ2) is 4.84. The molecule has 21 heavy (non-hydrogen) atoms. The lowest BCUT2D eigenvalue weighted by Gasteiger charge is -2.30. The van der Waals surface area contributed by atoms with E-state index in [1.165, 1.54) is 10.4 Å². The normalized spacial score (nSPS) is 26.2. The van der Waals surface area contributed by atoms with Gasteiger partial charge in [0.1, 0.15) is 0 Å². The van der Waals surface area contributed by atoms with E-state index in [0.29, 0.717) is 12.5 Å². The third kappa shape index (κ3) is 2.48. The van der Waals surface area contributed by atoms with E-state index in [1.807, 2.05) is 12.2 Å². The lowest BCUT2D eigenvalue weighted by molar-refractivity contribution is -0.137. The van der Waals surface area contributed by atoms with Gasteiger partial charge in [0.05, 0.1) is 10.5 Å². The first-order chi connectivity index (χ1) is 9.80. The van der Waals surface area contributed by atoms with Crippen molar-refractivity contribution in [3.05, 3.63) is 42.0 Å². The number of nitrogens with zero attached hydrogens (tertiary/aromatic N) is 1. The van der Waals surface area contributed by atoms with Crippen molar-refractivity contribution >= 4 is 10.0 Å². The zero-order chi connectivity index (χ0) is 15.3. The Balaban J connectivity index is 2.02. The van der Waals surface area contributed by atoms with Gasteiger partial charge in [0.2, 0.25) is 10.0 Å². The Bertz CT molecular complexity index is 682. The van der Waals surface area contributed by atoms with Crippen LogP contribution in [0.3, 0.4) is 0 Å². The SMILES string of the molecule is O=S(=O)(c1cccc(C(F)(F)F)c1)N1C2C=CCC1CC2. The van der Waals surface area contributed by atoms with Crippen LogP contribution >= 0.6 is 0 Å². The molecule has 1 aromatic rings. The Morgan fingerprint density at radius 3 is 2.62 bits per heavy atom. The molecular formula is C14H14F3NO2S. The summed E-state index contributed by atoms with van der Waals surface area (Å²) >= 11 is 0. The second-order valence-corrected chi connectivity index (χ2v) is 7.17. The highest BCUT2D eigenvalue weighted by molar-refractivity contribution is 7.89. The minimum absolute atomic E-state index is 0.139. The molecule has 114 valence electrons. The summed E-state index contributed by atoms with van der Waals surface area (Å²) in [6, 6.07) is 3.58. The number of benzene rings is 1. The van der Waals surface area contributed by atoms with Crippen LogP contribution in [0, 0.1) is 0 Å². The molecule has 2 heterocycles. The van der Waals surface area contributed by atoms with Crippen molar-refractivity contribution in [3.8, 4) is 0 Å². The molecule has 2 aliphatic rings. The van der Waals surface area contributed by atoms with Crippen LogP contribution in [0.1, 0.15) is 24.8 Å². The maximum Gasteiger partial charge on any atom is 0.416 e. The van der Waals surface area contributed by atoms with Crippen molar-refractivity contribution in [3.63, 3.8) is 0 Å². The van der Waals surface area contributed by atoms with Gasteiger partial charge < -0.3 is 0 Å². The van der Waals surface area contributed by atoms with Crippen LogP contribution in [0.2, 0.25) is 0 Å². The van der Waals surface area contributed by atoms with Gasteiger partial charge in [-0.2, -0.15) is 17.5 Å². The molecular weight excluding hydrogens is 303 g/mol. The molecule has 0 radical (unpaired) electrons. The number of sulfonamides is 1. The monoisotopic (exact) mass is 317 g/mol. The third-order valence-electron chi connectivity index (χ3n) is 3.99. The van der Waals surface area contributed by atoms with E-state index >= 15 is 0 Å². The lowest BCUT2D eigenvalue weighted by Crippen LogP contribution is -2.42. The van der Waals surface area contributed by atoms with Crippen LogP contribution in [0.25, 0.3) is 0 Å². The summed E-state index contributed by atoms with van der Waals surface area (Å²) in [6.07, 6.45) is 1.31. The van der Waals surface area contributed by atoms with Gasteiger partial charge in [0, 0.05) is 12.1 Å². The van der Waals surface area contributed by atoms with Gasteiger partial charge in [-0.15, -0.1) is 0 Å². The van der Waals surface area contributed by atoms with E-state index in [-0.39, 0.29) is 17.0 Å². The Morgan fingerprint density at radius 1 is 1.19 bits per heavy atom. The van der Waals surface area contributed by atoms with E-state index in [1.54, 1.807) is 0 Å². The Kier molecular flexibility index (Phi) is 3.37. The van der Waals surface area contributed by atoms with Gasteiger partial charge >= 0.3 is 6.18 Å². The molecule has 2 bridgehead atoms. The number of halogens is 3. The molecule has 1 saturated heterocycles. The molecule has 0 aromatic heterocycles. The van der Waals surface area contributed by atoms with Crippen LogP contribution in [-0.2, 0) is 16.2 Å². The van der Waals surface area contributed by atoms with Gasteiger partial charge in [0.15, 0.2) is 0 Å². The Labute approximate surface area is 121 Å². The zero-order valence-electron chi connectivity index (χ0n) is 11.0. The first-order valence-corrected chi connectivity index (χ1v) is 8.11. The molecule has 1 fully saturated rings. The smallest absolute Gasteiger partial charge is 0.207 e. The number of rotatable bonds is 2. The number of fused-ring (bicyclic) bond motifs is 2. The summed E-state index contributed by atoms with van der Waals surface area (Å²) in [5, 5.41) is 0. The van der Waals surface area contributed by atoms with Crippen molar-refractivity contribution in [1.82, 2.24) is 4.31 Å². The minimum atomic E-state index is -4.55. The molecule has 2 atom stereocenters. The van der Waals surface area contributed by atoms with E-state index < -0.39 is 21.8 Å². The van der Waals surface area contributed by atoms with Crippen molar-refractivity contribution in [1.29, 1.82) is 0 Å². The van der Waals surface area contributed by atoms with Crippen LogP contribution in [0.4, 0.5) is 13.2 Å². The summed E-state index contributed by atoms with van der Waals surface area (Å²) in [4.78, 5) is -0.287. The Hall–Kier alpha value is -1.34. The van der Waals surface area contributed by atoms with Crippen molar-refractivity contribution in [2.24, 2.45) is 0 Å². The number of alkyl halides is 3. The predicted molar refractivity (Wildman–Crippen MR) is 71.0 cm³/mol. The molecule has 0 amide bonds. The fourth-order valence-electron chi connectivity index (χ4n) is 3.01. The first kappa shape index (κ1) is 14.6. The maximum absolute atomic E-state index is 12.7. The maximum atomic E-state index is 12.7. The zero-order valence-corrected chi connectivity index (χ0v) is 11.9. The largest absolute Gasteiger partial charge is 0.416 e. The summed E-state index contributed by atoms with van der Waals surface area (Å²) in [7, 11) is -3.90. The topological polar surface area (TPSA) is 37.4 Å². The highest BCUT2D eigenvalue weighted by Crippen LogP contribution is 2.37. The molecule has 0 saturated carbocycles. The lowest BCUT2D eigenvalue weighted by atomic mass is 10.2. The van der Waals surface area contributed by atoms with E-state index in [4.69, 9.17) is 0 Å². The number of hydrogen-bond donors (Lipinski definition) is 0. The standard InChI is InChI=1S/C14H14F3NO2S/c15-14(16,17)10-3-1-6-13(9-10)21(19,20)18-11-4-2-5-12(18)8-7-11/h1-4,6,9,11-12H,5,7-8H2. The van der Waals surface area contributed by atoms with Crippen molar-refractivity contribution in [2.75, 3.05) is 0 Å².